The van der Waals surface area contributed by atoms with Gasteiger partial charge in [0.25, 0.3) is 0 Å². The minimum absolute atomic E-state index is 0.315. The second-order valence-electron chi connectivity index (χ2n) is 1.41. The molecule has 0 aromatic heterocycles. The van der Waals surface area contributed by atoms with E-state index in [0.717, 1.165) is 0 Å². The van der Waals surface area contributed by atoms with Crippen LogP contribution in [0.5, 0.6) is 0 Å². The molecule has 0 aliphatic heterocycles. The molecule has 0 N–H and O–H groups in total. The van der Waals surface area contributed by atoms with Crippen LogP contribution in [-0.4, -0.2) is 8.83 Å². The van der Waals surface area contributed by atoms with Crippen LogP contribution in [0.15, 0.2) is 11.8 Å². The fraction of sp³-hybridized carbons (Fsp3) is 0.600. The third-order valence-corrected chi connectivity index (χ3v) is 1.76. The summed E-state index contributed by atoms with van der Waals surface area (Å²) in [4.78, 5) is 0. The Morgan fingerprint density at radius 3 is 2.86 bits per heavy atom. The van der Waals surface area contributed by atoms with E-state index >= 15 is 0 Å². The third-order valence-electron chi connectivity index (χ3n) is 0.711. The smallest absolute Gasteiger partial charge is 0.148 e. The topological polar surface area (TPSA) is 0 Å². The predicted octanol–water partition coefficient (Wildman–Crippen LogP) is 1.62. The predicted molar refractivity (Wildman–Crippen MR) is 38.4 cm³/mol. The van der Waals surface area contributed by atoms with Crippen molar-refractivity contribution >= 4 is 19.9 Å². The first kappa shape index (κ1) is 7.25. The molecule has 0 nitrogen and oxygen atoms in total. The largest absolute Gasteiger partial charge is 0.171 e. The molecule has 0 heterocycles. The van der Waals surface area contributed by atoms with Crippen molar-refractivity contribution in [3.63, 3.8) is 0 Å². The van der Waals surface area contributed by atoms with Crippen molar-refractivity contribution in [2.24, 2.45) is 0 Å². The molecule has 0 saturated carbocycles. The Hall–Kier alpha value is 0.247. The van der Waals surface area contributed by atoms with Gasteiger partial charge in [-0.3, -0.25) is 0 Å². The molecular weight excluding hydrogens is 124 g/mol. The summed E-state index contributed by atoms with van der Waals surface area (Å²) in [6, 6.07) is 0. The van der Waals surface area contributed by atoms with E-state index in [1.54, 1.807) is 0 Å². The van der Waals surface area contributed by atoms with Crippen molar-refractivity contribution in [2.75, 3.05) is 0 Å². The van der Waals surface area contributed by atoms with Gasteiger partial charge in [-0.2, -0.15) is 11.1 Å². The normalized spacial score (nSPS) is 12.3. The molecule has 0 saturated heterocycles. The van der Waals surface area contributed by atoms with Crippen LogP contribution in [0.4, 0.5) is 0 Å². The Labute approximate surface area is 52.1 Å². The highest BCUT2D eigenvalue weighted by Crippen LogP contribution is 1.86. The molecule has 0 aliphatic carbocycles. The highest BCUT2D eigenvalue weighted by atomic mass is 35.6. The van der Waals surface area contributed by atoms with Crippen LogP contribution >= 0.6 is 11.1 Å². The van der Waals surface area contributed by atoms with E-state index < -0.39 is 0 Å². The van der Waals surface area contributed by atoms with Gasteiger partial charge in [0, 0.05) is 0 Å². The van der Waals surface area contributed by atoms with Gasteiger partial charge in [0.2, 0.25) is 0 Å². The Morgan fingerprint density at radius 1 is 1.71 bits per heavy atom. The van der Waals surface area contributed by atoms with Crippen LogP contribution in [0.2, 0.25) is 0 Å². The van der Waals surface area contributed by atoms with Gasteiger partial charge < -0.3 is 0 Å². The maximum atomic E-state index is 5.49. The number of hydrogen-bond acceptors (Lipinski definition) is 0. The molecule has 0 spiro atoms. The zero-order valence-corrected chi connectivity index (χ0v) is 6.82. The third kappa shape index (κ3) is 6.25. The monoisotopic (exact) mass is 134 g/mol. The lowest BCUT2D eigenvalue weighted by Crippen LogP contribution is -1.65. The second kappa shape index (κ2) is 6.25. The first-order valence-corrected chi connectivity index (χ1v) is 5.58. The summed E-state index contributed by atoms with van der Waals surface area (Å²) >= 11 is 5.49. The number of hydrogen-bond donors (Lipinski definition) is 0. The number of halogens is 1. The average molecular weight is 135 g/mol. The van der Waals surface area contributed by atoms with Gasteiger partial charge in [0.15, 0.2) is 0 Å². The number of unbranched alkanes of at least 4 members (excludes halogenated alkanes) is 1. The quantitative estimate of drug-likeness (QED) is 0.407. The highest BCUT2D eigenvalue weighted by Gasteiger charge is 1.69. The molecule has 0 aromatic carbocycles. The van der Waals surface area contributed by atoms with Crippen LogP contribution < -0.4 is 0 Å². The summed E-state index contributed by atoms with van der Waals surface area (Å²) in [5, 5.41) is 0. The molecule has 42 valence electrons. The van der Waals surface area contributed by atoms with Crippen LogP contribution in [0.3, 0.4) is 0 Å². The van der Waals surface area contributed by atoms with Gasteiger partial charge in [0.05, 0.1) is 0 Å². The van der Waals surface area contributed by atoms with Crippen molar-refractivity contribution in [2.45, 2.75) is 19.8 Å². The molecule has 0 aliphatic rings. The van der Waals surface area contributed by atoms with Crippen molar-refractivity contribution < 1.29 is 0 Å². The van der Waals surface area contributed by atoms with E-state index in [2.05, 4.69) is 18.7 Å². The van der Waals surface area contributed by atoms with Gasteiger partial charge in [-0.1, -0.05) is 25.1 Å². The highest BCUT2D eigenvalue weighted by molar-refractivity contribution is 6.96. The summed E-state index contributed by atoms with van der Waals surface area (Å²) in [7, 11) is -0.315. The Morgan fingerprint density at radius 2 is 2.43 bits per heavy atom. The van der Waals surface area contributed by atoms with E-state index in [4.69, 9.17) is 11.1 Å². The van der Waals surface area contributed by atoms with Gasteiger partial charge in [-0.15, -0.1) is 0 Å². The van der Waals surface area contributed by atoms with Gasteiger partial charge in [0.1, 0.15) is 8.83 Å². The average Bonchev–Trinajstić information content (AvgIpc) is 1.69. The summed E-state index contributed by atoms with van der Waals surface area (Å²) in [5.74, 6) is 0. The van der Waals surface area contributed by atoms with Crippen LogP contribution in [0, 0.1) is 0 Å². The van der Waals surface area contributed by atoms with Gasteiger partial charge in [-0.25, -0.2) is 0 Å². The molecule has 7 heavy (non-hydrogen) atoms. The fourth-order valence-corrected chi connectivity index (χ4v) is 1.09. The Bertz CT molecular complexity index is 52.0. The molecule has 0 aromatic rings. The van der Waals surface area contributed by atoms with E-state index in [0.29, 0.717) is 0 Å². The standard InChI is InChI=1S/C5H11ClSi/c1-2-3-4-5-7-6/h4-5H,2-3,7H2,1H3. The molecule has 0 fully saturated rings. The lowest BCUT2D eigenvalue weighted by molar-refractivity contribution is 0.960. The maximum absolute atomic E-state index is 5.49. The summed E-state index contributed by atoms with van der Waals surface area (Å²) in [5.41, 5.74) is 2.12. The maximum Gasteiger partial charge on any atom is 0.148 e. The van der Waals surface area contributed by atoms with Crippen molar-refractivity contribution in [1.29, 1.82) is 0 Å². The van der Waals surface area contributed by atoms with Gasteiger partial charge in [-0.05, 0) is 6.42 Å². The number of rotatable bonds is 3. The molecular formula is C5H11ClSi. The Kier molecular flexibility index (Phi) is 6.47. The molecule has 0 atom stereocenters. The molecule has 0 radical (unpaired) electrons. The van der Waals surface area contributed by atoms with Crippen LogP contribution in [0.1, 0.15) is 19.8 Å². The Balaban J connectivity index is 2.78. The van der Waals surface area contributed by atoms with Crippen LogP contribution in [-0.2, 0) is 0 Å². The van der Waals surface area contributed by atoms with E-state index in [1.807, 2.05) is 0 Å². The first-order chi connectivity index (χ1) is 3.41. The summed E-state index contributed by atoms with van der Waals surface area (Å²) < 4.78 is 0. The van der Waals surface area contributed by atoms with E-state index in [-0.39, 0.29) is 8.83 Å². The lowest BCUT2D eigenvalue weighted by Gasteiger charge is -1.78. The number of allylic oxidation sites excluding steroid dienone is 1. The zero-order chi connectivity index (χ0) is 5.54. The molecule has 2 heteroatoms. The van der Waals surface area contributed by atoms with E-state index in [1.165, 1.54) is 12.8 Å². The lowest BCUT2D eigenvalue weighted by atomic mass is 10.3. The summed E-state index contributed by atoms with van der Waals surface area (Å²) in [6.45, 7) is 2.17. The summed E-state index contributed by atoms with van der Waals surface area (Å²) in [6.07, 6.45) is 4.60. The molecule has 0 amide bonds. The molecule has 0 unspecified atom stereocenters. The van der Waals surface area contributed by atoms with Crippen molar-refractivity contribution in [3.05, 3.63) is 11.8 Å². The van der Waals surface area contributed by atoms with Gasteiger partial charge >= 0.3 is 0 Å². The van der Waals surface area contributed by atoms with E-state index in [9.17, 15) is 0 Å². The van der Waals surface area contributed by atoms with Crippen molar-refractivity contribution in [3.8, 4) is 0 Å². The SMILES string of the molecule is CCCC=C[SiH2]Cl. The second-order valence-corrected chi connectivity index (χ2v) is 3.12. The molecule has 0 bridgehead atoms. The fourth-order valence-electron chi connectivity index (χ4n) is 0.348. The minimum atomic E-state index is -0.315. The van der Waals surface area contributed by atoms with Crippen LogP contribution in [0.25, 0.3) is 0 Å². The van der Waals surface area contributed by atoms with Crippen molar-refractivity contribution in [1.82, 2.24) is 0 Å². The minimum Gasteiger partial charge on any atom is -0.171 e. The molecule has 0 rings (SSSR count). The first-order valence-electron chi connectivity index (χ1n) is 2.62. The zero-order valence-electron chi connectivity index (χ0n) is 4.65.